The van der Waals surface area contributed by atoms with Crippen LogP contribution in [0.5, 0.6) is 5.75 Å². The maximum Gasteiger partial charge on any atom is 0.337 e. The summed E-state index contributed by atoms with van der Waals surface area (Å²) in [5.74, 6) is -1.99. The highest BCUT2D eigenvalue weighted by molar-refractivity contribution is 7.89. The van der Waals surface area contributed by atoms with Gasteiger partial charge in [0, 0.05) is 0 Å². The largest absolute Gasteiger partial charge is 0.495 e. The molecule has 0 saturated carbocycles. The summed E-state index contributed by atoms with van der Waals surface area (Å²) in [6, 6.07) is 2.49. The molecular weight excluding hydrogens is 338 g/mol. The third-order valence-corrected chi connectivity index (χ3v) is 4.81. The van der Waals surface area contributed by atoms with Gasteiger partial charge in [-0.05, 0) is 24.6 Å². The molecule has 0 heterocycles. The zero-order valence-electron chi connectivity index (χ0n) is 13.7. The molecule has 0 spiro atoms. The molecule has 0 amide bonds. The summed E-state index contributed by atoms with van der Waals surface area (Å²) in [6.07, 6.45) is 1.44. The van der Waals surface area contributed by atoms with Crippen LogP contribution in [0.4, 0.5) is 0 Å². The summed E-state index contributed by atoms with van der Waals surface area (Å²) in [5.41, 5.74) is 0.0131. The lowest BCUT2D eigenvalue weighted by atomic mass is 10.1. The van der Waals surface area contributed by atoms with E-state index in [2.05, 4.69) is 9.46 Å². The molecule has 0 fully saturated rings. The normalized spacial score (nSPS) is 12.5. The minimum Gasteiger partial charge on any atom is -0.495 e. The van der Waals surface area contributed by atoms with Gasteiger partial charge in [0.25, 0.3) is 0 Å². The van der Waals surface area contributed by atoms with Crippen molar-refractivity contribution in [3.05, 3.63) is 23.8 Å². The highest BCUT2D eigenvalue weighted by atomic mass is 32.2. The van der Waals surface area contributed by atoms with E-state index in [9.17, 15) is 23.1 Å². The van der Waals surface area contributed by atoms with Gasteiger partial charge in [0.2, 0.25) is 10.0 Å². The number of rotatable bonds is 9. The lowest BCUT2D eigenvalue weighted by Gasteiger charge is -2.16. The van der Waals surface area contributed by atoms with Crippen LogP contribution >= 0.6 is 0 Å². The Morgan fingerprint density at radius 1 is 1.29 bits per heavy atom. The van der Waals surface area contributed by atoms with Crippen molar-refractivity contribution in [1.29, 1.82) is 0 Å². The third kappa shape index (κ3) is 4.93. The predicted octanol–water partition coefficient (Wildman–Crippen LogP) is 1.40. The minimum absolute atomic E-state index is 0.00483. The fourth-order valence-corrected chi connectivity index (χ4v) is 3.44. The Bertz CT molecular complexity index is 700. The van der Waals surface area contributed by atoms with E-state index in [1.165, 1.54) is 26.4 Å². The molecule has 1 aromatic rings. The number of ether oxygens (including phenoxy) is 2. The van der Waals surface area contributed by atoms with E-state index in [1.807, 2.05) is 6.92 Å². The van der Waals surface area contributed by atoms with Gasteiger partial charge in [-0.15, -0.1) is 0 Å². The van der Waals surface area contributed by atoms with Gasteiger partial charge >= 0.3 is 11.9 Å². The smallest absolute Gasteiger partial charge is 0.337 e. The Morgan fingerprint density at radius 2 is 1.96 bits per heavy atom. The lowest BCUT2D eigenvalue weighted by Crippen LogP contribution is -2.40. The zero-order valence-corrected chi connectivity index (χ0v) is 14.6. The Labute approximate surface area is 140 Å². The van der Waals surface area contributed by atoms with Gasteiger partial charge in [0.05, 0.1) is 19.8 Å². The van der Waals surface area contributed by atoms with Gasteiger partial charge in [0.15, 0.2) is 0 Å². The molecule has 0 bridgehead atoms. The second-order valence-corrected chi connectivity index (χ2v) is 6.69. The first-order valence-corrected chi connectivity index (χ1v) is 8.76. The molecule has 134 valence electrons. The number of carbonyl (C=O) groups is 2. The number of sulfonamides is 1. The Kier molecular flexibility index (Phi) is 7.18. The first kappa shape index (κ1) is 19.9. The molecule has 1 aromatic carbocycles. The van der Waals surface area contributed by atoms with Gasteiger partial charge < -0.3 is 14.6 Å². The van der Waals surface area contributed by atoms with Crippen molar-refractivity contribution >= 4 is 22.0 Å². The average molecular weight is 359 g/mol. The number of hydrogen-bond donors (Lipinski definition) is 2. The van der Waals surface area contributed by atoms with Crippen LogP contribution in [-0.2, 0) is 19.6 Å². The Balaban J connectivity index is 3.24. The molecule has 2 N–H and O–H groups in total. The van der Waals surface area contributed by atoms with Gasteiger partial charge in [0.1, 0.15) is 16.7 Å². The van der Waals surface area contributed by atoms with Gasteiger partial charge in [-0.2, -0.15) is 4.72 Å². The highest BCUT2D eigenvalue weighted by Crippen LogP contribution is 2.25. The van der Waals surface area contributed by atoms with E-state index in [-0.39, 0.29) is 22.6 Å². The van der Waals surface area contributed by atoms with E-state index in [0.29, 0.717) is 6.42 Å². The Morgan fingerprint density at radius 3 is 2.46 bits per heavy atom. The summed E-state index contributed by atoms with van der Waals surface area (Å²) >= 11 is 0. The van der Waals surface area contributed by atoms with E-state index in [4.69, 9.17) is 4.74 Å². The monoisotopic (exact) mass is 359 g/mol. The number of hydrogen-bond acceptors (Lipinski definition) is 6. The van der Waals surface area contributed by atoms with Gasteiger partial charge in [-0.25, -0.2) is 13.2 Å². The van der Waals surface area contributed by atoms with Gasteiger partial charge in [-0.1, -0.05) is 19.8 Å². The molecule has 1 atom stereocenters. The number of benzene rings is 1. The van der Waals surface area contributed by atoms with Crippen molar-refractivity contribution in [2.24, 2.45) is 0 Å². The van der Waals surface area contributed by atoms with E-state index in [0.717, 1.165) is 12.5 Å². The summed E-state index contributed by atoms with van der Waals surface area (Å²) in [5, 5.41) is 9.19. The second kappa shape index (κ2) is 8.65. The van der Waals surface area contributed by atoms with Crippen molar-refractivity contribution in [3.63, 3.8) is 0 Å². The maximum atomic E-state index is 12.5. The average Bonchev–Trinajstić information content (AvgIpc) is 2.56. The quantitative estimate of drug-likeness (QED) is 0.640. The summed E-state index contributed by atoms with van der Waals surface area (Å²) in [4.78, 5) is 22.5. The van der Waals surface area contributed by atoms with Crippen molar-refractivity contribution in [1.82, 2.24) is 4.72 Å². The van der Waals surface area contributed by atoms with Crippen LogP contribution in [0, 0.1) is 0 Å². The van der Waals surface area contributed by atoms with Crippen molar-refractivity contribution in [2.75, 3.05) is 14.2 Å². The molecule has 24 heavy (non-hydrogen) atoms. The maximum absolute atomic E-state index is 12.5. The van der Waals surface area contributed by atoms with Crippen LogP contribution in [-0.4, -0.2) is 45.7 Å². The van der Waals surface area contributed by atoms with Crippen LogP contribution in [0.2, 0.25) is 0 Å². The number of esters is 1. The fourth-order valence-electron chi connectivity index (χ4n) is 2.02. The number of carboxylic acids is 1. The van der Waals surface area contributed by atoms with E-state index < -0.39 is 28.0 Å². The topological polar surface area (TPSA) is 119 Å². The minimum atomic E-state index is -4.21. The van der Waals surface area contributed by atoms with Crippen molar-refractivity contribution in [2.45, 2.75) is 37.1 Å². The number of methoxy groups -OCH3 is 2. The molecule has 9 heteroatoms. The first-order valence-electron chi connectivity index (χ1n) is 7.28. The van der Waals surface area contributed by atoms with Crippen LogP contribution in [0.25, 0.3) is 0 Å². The number of nitrogens with one attached hydrogen (secondary N) is 1. The summed E-state index contributed by atoms with van der Waals surface area (Å²) in [7, 11) is -1.76. The first-order chi connectivity index (χ1) is 11.3. The molecule has 0 saturated heterocycles. The van der Waals surface area contributed by atoms with Gasteiger partial charge in [-0.3, -0.25) is 4.79 Å². The molecular formula is C15H21NO7S. The number of carbonyl (C=O) groups excluding carboxylic acids is 1. The SMILES string of the molecule is CCCC[C@H](NS(=O)(=O)c1cc(C(=O)OC)ccc1OC)C(=O)O. The lowest BCUT2D eigenvalue weighted by molar-refractivity contribution is -0.139. The molecule has 0 aliphatic rings. The fraction of sp³-hybridized carbons (Fsp3) is 0.467. The number of carboxylic acid groups (broad SMARTS) is 1. The molecule has 0 unspecified atom stereocenters. The number of unbranched alkanes of at least 4 members (excludes halogenated alkanes) is 1. The molecule has 1 rings (SSSR count). The molecule has 0 radical (unpaired) electrons. The number of aliphatic carboxylic acids is 1. The second-order valence-electron chi connectivity index (χ2n) is 5.01. The molecule has 0 aliphatic carbocycles. The predicted molar refractivity (Wildman–Crippen MR) is 85.6 cm³/mol. The van der Waals surface area contributed by atoms with Crippen LogP contribution in [0.1, 0.15) is 36.5 Å². The molecule has 8 nitrogen and oxygen atoms in total. The van der Waals surface area contributed by atoms with Crippen molar-refractivity contribution in [3.8, 4) is 5.75 Å². The molecule has 0 aromatic heterocycles. The standard InChI is InChI=1S/C15H21NO7S/c1-4-5-6-11(14(17)18)16-24(20,21)13-9-10(15(19)23-3)7-8-12(13)22-2/h7-9,11,16H,4-6H2,1-3H3,(H,17,18)/t11-/m0/s1. The zero-order chi connectivity index (χ0) is 18.3. The van der Waals surface area contributed by atoms with Crippen LogP contribution in [0.3, 0.4) is 0 Å². The van der Waals surface area contributed by atoms with Crippen molar-refractivity contribution < 1.29 is 32.6 Å². The Hall–Kier alpha value is -2.13. The van der Waals surface area contributed by atoms with E-state index >= 15 is 0 Å². The van der Waals surface area contributed by atoms with Crippen LogP contribution < -0.4 is 9.46 Å². The van der Waals surface area contributed by atoms with E-state index in [1.54, 1.807) is 0 Å². The third-order valence-electron chi connectivity index (χ3n) is 3.32. The summed E-state index contributed by atoms with van der Waals surface area (Å²) < 4.78 is 36.8. The van der Waals surface area contributed by atoms with Crippen LogP contribution in [0.15, 0.2) is 23.1 Å². The highest BCUT2D eigenvalue weighted by Gasteiger charge is 2.28. The summed E-state index contributed by atoms with van der Waals surface area (Å²) in [6.45, 7) is 1.87. The molecule has 0 aliphatic heterocycles.